The summed E-state index contributed by atoms with van der Waals surface area (Å²) in [7, 11) is 2.07. The maximum Gasteiger partial charge on any atom is 0.573 e. The van der Waals surface area contributed by atoms with Crippen LogP contribution < -0.4 is 19.9 Å². The monoisotopic (exact) mass is 463 g/mol. The fourth-order valence-electron chi connectivity index (χ4n) is 4.00. The molecule has 2 atom stereocenters. The number of likely N-dealkylation sites (N-methyl/N-ethyl adjacent to an activating group) is 1. The molecule has 2 unspecified atom stereocenters. The molecule has 2 aromatic rings. The van der Waals surface area contributed by atoms with Gasteiger partial charge in [0, 0.05) is 38.3 Å². The molecule has 8 nitrogen and oxygen atoms in total. The third-order valence-corrected chi connectivity index (χ3v) is 5.92. The second-order valence-electron chi connectivity index (χ2n) is 8.17. The minimum Gasteiger partial charge on any atom is -0.406 e. The van der Waals surface area contributed by atoms with Crippen LogP contribution in [0, 0.1) is 0 Å². The number of nitrogens with zero attached hydrogens (tertiary/aromatic N) is 4. The molecule has 2 saturated heterocycles. The van der Waals surface area contributed by atoms with Crippen LogP contribution in [0.5, 0.6) is 5.75 Å². The lowest BCUT2D eigenvalue weighted by Crippen LogP contribution is -2.44. The second kappa shape index (κ2) is 8.89. The van der Waals surface area contributed by atoms with Crippen molar-refractivity contribution in [2.45, 2.75) is 25.2 Å². The zero-order chi connectivity index (χ0) is 23.8. The third-order valence-electron chi connectivity index (χ3n) is 5.92. The number of carbonyl (C=O) groups excluding carboxylic acids is 2. The number of halogens is 3. The van der Waals surface area contributed by atoms with Crippen LogP contribution in [0.25, 0.3) is 0 Å². The Kier molecular flexibility index (Phi) is 6.15. The highest BCUT2D eigenvalue weighted by Gasteiger charge is 2.42. The van der Waals surface area contributed by atoms with Gasteiger partial charge in [0.2, 0.25) is 0 Å². The Hall–Kier alpha value is -3.34. The van der Waals surface area contributed by atoms with Gasteiger partial charge in [-0.1, -0.05) is 6.92 Å². The SMILES string of the molecule is CC(c1ccnc(N2CCN(C)CC2)c1)C1NC(=O)N(c2ccc(OC(F)(F)F)cc2)C1=O. The first-order valence-electron chi connectivity index (χ1n) is 10.5. The van der Waals surface area contributed by atoms with Crippen molar-refractivity contribution in [3.05, 3.63) is 48.2 Å². The first kappa shape index (κ1) is 22.8. The lowest BCUT2D eigenvalue weighted by Gasteiger charge is -2.33. The van der Waals surface area contributed by atoms with Crippen LogP contribution in [0.4, 0.5) is 29.5 Å². The first-order chi connectivity index (χ1) is 15.6. The van der Waals surface area contributed by atoms with E-state index < -0.39 is 30.1 Å². The van der Waals surface area contributed by atoms with Crippen LogP contribution in [-0.4, -0.2) is 67.5 Å². The van der Waals surface area contributed by atoms with Crippen molar-refractivity contribution in [3.8, 4) is 5.75 Å². The number of imide groups is 1. The standard InChI is InChI=1S/C22H24F3N5O3/c1-14(15-7-8-26-18(13-15)29-11-9-28(2)10-12-29)19-20(31)30(21(32)27-19)16-3-5-17(6-4-16)33-22(23,24)25/h3-8,13-14,19H,9-12H2,1-2H3,(H,27,32). The number of ether oxygens (including phenoxy) is 1. The van der Waals surface area contributed by atoms with Crippen LogP contribution in [0.15, 0.2) is 42.6 Å². The number of aromatic nitrogens is 1. The number of pyridine rings is 1. The number of hydrogen-bond donors (Lipinski definition) is 1. The highest BCUT2D eigenvalue weighted by Crippen LogP contribution is 2.31. The number of rotatable bonds is 5. The largest absolute Gasteiger partial charge is 0.573 e. The number of alkyl halides is 3. The number of amides is 3. The smallest absolute Gasteiger partial charge is 0.406 e. The summed E-state index contributed by atoms with van der Waals surface area (Å²) < 4.78 is 41.0. The highest BCUT2D eigenvalue weighted by atomic mass is 19.4. The van der Waals surface area contributed by atoms with Crippen LogP contribution in [0.3, 0.4) is 0 Å². The Morgan fingerprint density at radius 2 is 1.76 bits per heavy atom. The van der Waals surface area contributed by atoms with Crippen LogP contribution in [0.1, 0.15) is 18.4 Å². The fourth-order valence-corrected chi connectivity index (χ4v) is 4.00. The van der Waals surface area contributed by atoms with E-state index in [0.29, 0.717) is 0 Å². The predicted octanol–water partition coefficient (Wildman–Crippen LogP) is 2.96. The van der Waals surface area contributed by atoms with Crippen molar-refractivity contribution >= 4 is 23.4 Å². The Morgan fingerprint density at radius 3 is 2.39 bits per heavy atom. The van der Waals surface area contributed by atoms with Crippen LogP contribution in [0.2, 0.25) is 0 Å². The normalized spacial score (nSPS) is 20.7. The highest BCUT2D eigenvalue weighted by molar-refractivity contribution is 6.21. The first-order valence-corrected chi connectivity index (χ1v) is 10.5. The molecular formula is C22H24F3N5O3. The fraction of sp³-hybridized carbons (Fsp3) is 0.409. The van der Waals surface area contributed by atoms with Crippen molar-refractivity contribution in [3.63, 3.8) is 0 Å². The van der Waals surface area contributed by atoms with E-state index in [4.69, 9.17) is 0 Å². The zero-order valence-corrected chi connectivity index (χ0v) is 18.2. The maximum atomic E-state index is 13.1. The summed E-state index contributed by atoms with van der Waals surface area (Å²) in [6.45, 7) is 5.40. The zero-order valence-electron chi connectivity index (χ0n) is 18.2. The molecule has 0 aliphatic carbocycles. The van der Waals surface area contributed by atoms with E-state index in [1.54, 1.807) is 6.20 Å². The Bertz CT molecular complexity index is 1020. The van der Waals surface area contributed by atoms with Crippen molar-refractivity contribution in [1.82, 2.24) is 15.2 Å². The molecular weight excluding hydrogens is 439 g/mol. The molecule has 2 aliphatic heterocycles. The molecule has 0 radical (unpaired) electrons. The third kappa shape index (κ3) is 5.03. The number of hydrogen-bond acceptors (Lipinski definition) is 6. The van der Waals surface area contributed by atoms with Gasteiger partial charge in [-0.25, -0.2) is 14.7 Å². The number of piperazine rings is 1. The molecule has 176 valence electrons. The summed E-state index contributed by atoms with van der Waals surface area (Å²) in [5.74, 6) is -0.429. The topological polar surface area (TPSA) is 78.0 Å². The quantitative estimate of drug-likeness (QED) is 0.687. The average Bonchev–Trinajstić information content (AvgIpc) is 3.07. The molecule has 1 N–H and O–H groups in total. The molecule has 1 aromatic carbocycles. The number of urea groups is 1. The van der Waals surface area contributed by atoms with E-state index in [-0.39, 0.29) is 11.6 Å². The molecule has 0 spiro atoms. The number of carbonyl (C=O) groups is 2. The van der Waals surface area contributed by atoms with Gasteiger partial charge in [-0.15, -0.1) is 13.2 Å². The number of nitrogens with one attached hydrogen (secondary N) is 1. The summed E-state index contributed by atoms with van der Waals surface area (Å²) >= 11 is 0. The van der Waals surface area contributed by atoms with E-state index in [1.165, 1.54) is 12.1 Å². The predicted molar refractivity (Wildman–Crippen MR) is 115 cm³/mol. The molecule has 33 heavy (non-hydrogen) atoms. The molecule has 1 aromatic heterocycles. The molecule has 3 amide bonds. The van der Waals surface area contributed by atoms with Gasteiger partial charge in [-0.05, 0) is 49.0 Å². The van der Waals surface area contributed by atoms with Gasteiger partial charge in [0.25, 0.3) is 5.91 Å². The molecule has 2 fully saturated rings. The van der Waals surface area contributed by atoms with E-state index in [2.05, 4.69) is 31.9 Å². The summed E-state index contributed by atoms with van der Waals surface area (Å²) in [5.41, 5.74) is 1.02. The van der Waals surface area contributed by atoms with Crippen molar-refractivity contribution in [1.29, 1.82) is 0 Å². The molecule has 11 heteroatoms. The van der Waals surface area contributed by atoms with Crippen molar-refractivity contribution in [2.24, 2.45) is 0 Å². The maximum absolute atomic E-state index is 13.1. The summed E-state index contributed by atoms with van der Waals surface area (Å²) in [4.78, 5) is 35.4. The van der Waals surface area contributed by atoms with E-state index in [9.17, 15) is 22.8 Å². The lowest BCUT2D eigenvalue weighted by atomic mass is 9.93. The number of anilines is 2. The molecule has 0 bridgehead atoms. The van der Waals surface area contributed by atoms with E-state index >= 15 is 0 Å². The van der Waals surface area contributed by atoms with Gasteiger partial charge in [0.05, 0.1) is 5.69 Å². The van der Waals surface area contributed by atoms with Gasteiger partial charge in [-0.3, -0.25) is 4.79 Å². The summed E-state index contributed by atoms with van der Waals surface area (Å²) in [6.07, 6.45) is -3.13. The average molecular weight is 463 g/mol. The Balaban J connectivity index is 1.49. The molecule has 3 heterocycles. The van der Waals surface area contributed by atoms with Crippen molar-refractivity contribution < 1.29 is 27.5 Å². The van der Waals surface area contributed by atoms with Gasteiger partial charge in [0.15, 0.2) is 0 Å². The Morgan fingerprint density at radius 1 is 1.09 bits per heavy atom. The minimum absolute atomic E-state index is 0.162. The molecule has 4 rings (SSSR count). The van der Waals surface area contributed by atoms with E-state index in [1.807, 2.05) is 19.1 Å². The summed E-state index contributed by atoms with van der Waals surface area (Å²) in [6, 6.07) is 6.90. The van der Waals surface area contributed by atoms with Crippen LogP contribution >= 0.6 is 0 Å². The van der Waals surface area contributed by atoms with Crippen molar-refractivity contribution in [2.75, 3.05) is 43.0 Å². The lowest BCUT2D eigenvalue weighted by molar-refractivity contribution is -0.274. The minimum atomic E-state index is -4.82. The van der Waals surface area contributed by atoms with E-state index in [0.717, 1.165) is 54.6 Å². The van der Waals surface area contributed by atoms with Gasteiger partial charge in [0.1, 0.15) is 17.6 Å². The van der Waals surface area contributed by atoms with Gasteiger partial charge < -0.3 is 19.9 Å². The van der Waals surface area contributed by atoms with Crippen LogP contribution in [-0.2, 0) is 4.79 Å². The Labute approximate surface area is 188 Å². The summed E-state index contributed by atoms with van der Waals surface area (Å²) in [5, 5.41) is 2.69. The number of benzene rings is 1. The molecule has 0 saturated carbocycles. The second-order valence-corrected chi connectivity index (χ2v) is 8.17. The molecule has 2 aliphatic rings. The van der Waals surface area contributed by atoms with Gasteiger partial charge in [-0.2, -0.15) is 0 Å². The van der Waals surface area contributed by atoms with Gasteiger partial charge >= 0.3 is 12.4 Å².